The fourth-order valence-corrected chi connectivity index (χ4v) is 1.33. The number of para-hydroxylation sites is 1. The predicted molar refractivity (Wildman–Crippen MR) is 45.7 cm³/mol. The van der Waals surface area contributed by atoms with E-state index in [2.05, 4.69) is 4.98 Å². The van der Waals surface area contributed by atoms with E-state index in [0.717, 1.165) is 16.6 Å². The van der Waals surface area contributed by atoms with Gasteiger partial charge in [-0.15, -0.1) is 0 Å². The molecule has 11 heavy (non-hydrogen) atoms. The summed E-state index contributed by atoms with van der Waals surface area (Å²) in [5, 5.41) is 0. The van der Waals surface area contributed by atoms with Crippen LogP contribution in [0.1, 0.15) is 5.56 Å². The Kier molecular flexibility index (Phi) is 1.36. The van der Waals surface area contributed by atoms with Gasteiger partial charge in [-0.25, -0.2) is 9.07 Å². The summed E-state index contributed by atoms with van der Waals surface area (Å²) in [7, 11) is 0. The Balaban J connectivity index is 2.94. The topological polar surface area (TPSA) is 17.8 Å². The molecule has 0 fully saturated rings. The van der Waals surface area contributed by atoms with Crippen LogP contribution in [0.3, 0.4) is 0 Å². The third kappa shape index (κ3) is 0.906. The second kappa shape index (κ2) is 2.24. The molecule has 0 spiro atoms. The lowest BCUT2D eigenvalue weighted by Gasteiger charge is -1.92. The highest BCUT2D eigenvalue weighted by Gasteiger charge is 2.00. The fourth-order valence-electron chi connectivity index (χ4n) is 1.15. The SMILES string of the molecule is Cc1cccc2c1ncn2Cl. The lowest BCUT2D eigenvalue weighted by molar-refractivity contribution is 1.25. The maximum absolute atomic E-state index is 5.80. The van der Waals surface area contributed by atoms with Crippen LogP contribution in [-0.4, -0.2) is 9.07 Å². The minimum Gasteiger partial charge on any atom is -0.241 e. The van der Waals surface area contributed by atoms with Crippen molar-refractivity contribution in [2.45, 2.75) is 6.92 Å². The number of imidazole rings is 1. The van der Waals surface area contributed by atoms with Crippen LogP contribution in [0.2, 0.25) is 0 Å². The van der Waals surface area contributed by atoms with Crippen LogP contribution < -0.4 is 0 Å². The largest absolute Gasteiger partial charge is 0.241 e. The van der Waals surface area contributed by atoms with Crippen molar-refractivity contribution in [1.29, 1.82) is 0 Å². The van der Waals surface area contributed by atoms with Crippen molar-refractivity contribution in [3.8, 4) is 0 Å². The quantitative estimate of drug-likeness (QED) is 0.588. The molecule has 0 saturated carbocycles. The molecule has 0 bridgehead atoms. The molecule has 0 aliphatic heterocycles. The molecule has 1 aromatic heterocycles. The molecule has 56 valence electrons. The number of hydrogen-bond donors (Lipinski definition) is 0. The maximum atomic E-state index is 5.80. The van der Waals surface area contributed by atoms with Crippen molar-refractivity contribution in [3.05, 3.63) is 30.1 Å². The van der Waals surface area contributed by atoms with Gasteiger partial charge in [0.05, 0.1) is 11.0 Å². The Hall–Kier alpha value is -1.02. The zero-order valence-corrected chi connectivity index (χ0v) is 6.84. The van der Waals surface area contributed by atoms with Gasteiger partial charge >= 0.3 is 0 Å². The van der Waals surface area contributed by atoms with Gasteiger partial charge in [-0.1, -0.05) is 12.1 Å². The first-order valence-electron chi connectivity index (χ1n) is 3.38. The Bertz CT molecular complexity index is 392. The predicted octanol–water partition coefficient (Wildman–Crippen LogP) is 2.35. The van der Waals surface area contributed by atoms with E-state index in [1.54, 1.807) is 6.33 Å². The van der Waals surface area contributed by atoms with Crippen LogP contribution in [0, 0.1) is 6.92 Å². The summed E-state index contributed by atoms with van der Waals surface area (Å²) in [6, 6.07) is 5.94. The number of hydrogen-bond acceptors (Lipinski definition) is 1. The molecular formula is C8H7ClN2. The highest BCUT2D eigenvalue weighted by Crippen LogP contribution is 2.16. The molecule has 0 unspecified atom stereocenters. The van der Waals surface area contributed by atoms with Crippen molar-refractivity contribution in [2.75, 3.05) is 0 Å². The van der Waals surface area contributed by atoms with Crippen LogP contribution in [0.25, 0.3) is 11.0 Å². The molecule has 0 aliphatic rings. The van der Waals surface area contributed by atoms with Gasteiger partial charge in [-0.2, -0.15) is 0 Å². The van der Waals surface area contributed by atoms with Crippen molar-refractivity contribution in [1.82, 2.24) is 9.07 Å². The van der Waals surface area contributed by atoms with E-state index in [9.17, 15) is 0 Å². The van der Waals surface area contributed by atoms with E-state index in [1.165, 1.54) is 4.09 Å². The summed E-state index contributed by atoms with van der Waals surface area (Å²) in [6.45, 7) is 2.02. The number of benzene rings is 1. The summed E-state index contributed by atoms with van der Waals surface area (Å²) in [6.07, 6.45) is 1.61. The lowest BCUT2D eigenvalue weighted by atomic mass is 10.2. The van der Waals surface area contributed by atoms with Crippen LogP contribution in [0.4, 0.5) is 0 Å². The number of aromatic nitrogens is 2. The third-order valence-corrected chi connectivity index (χ3v) is 2.00. The van der Waals surface area contributed by atoms with Crippen LogP contribution in [-0.2, 0) is 0 Å². The normalized spacial score (nSPS) is 10.7. The van der Waals surface area contributed by atoms with Crippen molar-refractivity contribution >= 4 is 22.8 Å². The zero-order valence-electron chi connectivity index (χ0n) is 6.08. The van der Waals surface area contributed by atoms with Crippen molar-refractivity contribution in [2.24, 2.45) is 0 Å². The summed E-state index contributed by atoms with van der Waals surface area (Å²) >= 11 is 5.80. The summed E-state index contributed by atoms with van der Waals surface area (Å²) in [5.74, 6) is 0. The molecule has 2 nitrogen and oxygen atoms in total. The summed E-state index contributed by atoms with van der Waals surface area (Å²) in [4.78, 5) is 4.15. The smallest absolute Gasteiger partial charge is 0.111 e. The average Bonchev–Trinajstić information content (AvgIpc) is 2.35. The first-order valence-corrected chi connectivity index (χ1v) is 3.71. The monoisotopic (exact) mass is 166 g/mol. The standard InChI is InChI=1S/C8H7ClN2/c1-6-3-2-4-7-8(6)10-5-11(7)9/h2-5H,1H3. The molecule has 0 amide bonds. The minimum absolute atomic E-state index is 0.965. The molecule has 0 N–H and O–H groups in total. The molecule has 2 aromatic rings. The van der Waals surface area contributed by atoms with Crippen LogP contribution >= 0.6 is 11.8 Å². The van der Waals surface area contributed by atoms with Gasteiger partial charge in [0.15, 0.2) is 0 Å². The summed E-state index contributed by atoms with van der Waals surface area (Å²) < 4.78 is 1.50. The number of fused-ring (bicyclic) bond motifs is 1. The summed E-state index contributed by atoms with van der Waals surface area (Å²) in [5.41, 5.74) is 3.09. The molecule has 1 heterocycles. The molecule has 3 heteroatoms. The Morgan fingerprint density at radius 3 is 3.00 bits per heavy atom. The van der Waals surface area contributed by atoms with Crippen LogP contribution in [0.15, 0.2) is 24.5 Å². The van der Waals surface area contributed by atoms with Crippen molar-refractivity contribution < 1.29 is 0 Å². The van der Waals surface area contributed by atoms with Crippen molar-refractivity contribution in [3.63, 3.8) is 0 Å². The third-order valence-electron chi connectivity index (χ3n) is 1.73. The van der Waals surface area contributed by atoms with Gasteiger partial charge in [0, 0.05) is 11.8 Å². The maximum Gasteiger partial charge on any atom is 0.111 e. The molecule has 0 atom stereocenters. The van der Waals surface area contributed by atoms with E-state index in [0.29, 0.717) is 0 Å². The second-order valence-electron chi connectivity index (χ2n) is 2.50. The second-order valence-corrected chi connectivity index (χ2v) is 2.86. The van der Waals surface area contributed by atoms with Gasteiger partial charge in [0.25, 0.3) is 0 Å². The number of rotatable bonds is 0. The van der Waals surface area contributed by atoms with Gasteiger partial charge < -0.3 is 0 Å². The molecule has 0 radical (unpaired) electrons. The minimum atomic E-state index is 0.965. The fraction of sp³-hybridized carbons (Fsp3) is 0.125. The average molecular weight is 167 g/mol. The van der Waals surface area contributed by atoms with Crippen LogP contribution in [0.5, 0.6) is 0 Å². The molecule has 2 rings (SSSR count). The Morgan fingerprint density at radius 1 is 1.45 bits per heavy atom. The highest BCUT2D eigenvalue weighted by atomic mass is 35.5. The highest BCUT2D eigenvalue weighted by molar-refractivity contribution is 6.18. The van der Waals surface area contributed by atoms with E-state index >= 15 is 0 Å². The first-order chi connectivity index (χ1) is 5.29. The number of aryl methyl sites for hydroxylation is 1. The van der Waals surface area contributed by atoms with E-state index in [-0.39, 0.29) is 0 Å². The molecule has 0 aliphatic carbocycles. The molecular weight excluding hydrogens is 160 g/mol. The zero-order chi connectivity index (χ0) is 7.84. The number of halogens is 1. The van der Waals surface area contributed by atoms with Gasteiger partial charge in [0.1, 0.15) is 6.33 Å². The van der Waals surface area contributed by atoms with Gasteiger partial charge in [-0.3, -0.25) is 0 Å². The van der Waals surface area contributed by atoms with E-state index in [4.69, 9.17) is 11.8 Å². The molecule has 1 aromatic carbocycles. The van der Waals surface area contributed by atoms with E-state index < -0.39 is 0 Å². The van der Waals surface area contributed by atoms with Gasteiger partial charge in [-0.05, 0) is 18.6 Å². The number of nitrogens with zero attached hydrogens (tertiary/aromatic N) is 2. The van der Waals surface area contributed by atoms with E-state index in [1.807, 2.05) is 25.1 Å². The lowest BCUT2D eigenvalue weighted by Crippen LogP contribution is -1.77. The first kappa shape index (κ1) is 6.68. The van der Waals surface area contributed by atoms with Gasteiger partial charge in [0.2, 0.25) is 0 Å². The Morgan fingerprint density at radius 2 is 2.27 bits per heavy atom. The molecule has 0 saturated heterocycles. The Labute approximate surface area is 69.5 Å².